The fraction of sp³-hybridized carbons (Fsp3) is 0.632. The number of rotatable bonds is 2. The molecule has 1 aromatic heterocycles. The number of hydrogen-bond acceptors (Lipinski definition) is 3. The van der Waals surface area contributed by atoms with Gasteiger partial charge in [0.05, 0.1) is 5.41 Å². The Balaban J connectivity index is 1.85. The number of hydrogen-bond donors (Lipinski definition) is 0. The maximum Gasteiger partial charge on any atom is 0.263 e. The Kier molecular flexibility index (Phi) is 4.47. The van der Waals surface area contributed by atoms with Crippen LogP contribution in [0.25, 0.3) is 0 Å². The summed E-state index contributed by atoms with van der Waals surface area (Å²) in [7, 11) is 3.54. The third-order valence-electron chi connectivity index (χ3n) is 5.76. The Bertz CT molecular complexity index is 768. The highest BCUT2D eigenvalue weighted by atomic mass is 16.2. The molecule has 1 aromatic rings. The second kappa shape index (κ2) is 6.32. The first-order valence-corrected chi connectivity index (χ1v) is 9.01. The van der Waals surface area contributed by atoms with Gasteiger partial charge in [0, 0.05) is 39.4 Å². The van der Waals surface area contributed by atoms with Gasteiger partial charge in [0.15, 0.2) is 0 Å². The number of carbonyl (C=O) groups is 2. The van der Waals surface area contributed by atoms with E-state index in [9.17, 15) is 14.4 Å². The Morgan fingerprint density at radius 3 is 2.52 bits per heavy atom. The van der Waals surface area contributed by atoms with Gasteiger partial charge < -0.3 is 14.4 Å². The predicted molar refractivity (Wildman–Crippen MR) is 95.6 cm³/mol. The predicted octanol–water partition coefficient (Wildman–Crippen LogP) is 1.59. The fourth-order valence-corrected chi connectivity index (χ4v) is 4.25. The Hall–Kier alpha value is -2.11. The van der Waals surface area contributed by atoms with E-state index >= 15 is 0 Å². The minimum Gasteiger partial charge on any atom is -0.345 e. The Morgan fingerprint density at radius 2 is 1.84 bits per heavy atom. The molecule has 0 aliphatic carbocycles. The van der Waals surface area contributed by atoms with E-state index in [2.05, 4.69) is 0 Å². The van der Waals surface area contributed by atoms with E-state index in [-0.39, 0.29) is 28.9 Å². The molecular weight excluding hydrogens is 318 g/mol. The molecular formula is C19H27N3O3. The van der Waals surface area contributed by atoms with Crippen LogP contribution >= 0.6 is 0 Å². The zero-order valence-corrected chi connectivity index (χ0v) is 15.5. The molecule has 2 aliphatic heterocycles. The maximum atomic E-state index is 12.9. The SMILES string of the molecule is CC(C)c1ccc(C(=O)N2CC[C@@]3(CCCN(C)C3=O)C2)c(=O)n1C. The lowest BCUT2D eigenvalue weighted by atomic mass is 9.78. The molecule has 0 aromatic carbocycles. The topological polar surface area (TPSA) is 62.6 Å². The second-order valence-electron chi connectivity index (χ2n) is 7.78. The van der Waals surface area contributed by atoms with Crippen LogP contribution in [-0.4, -0.2) is 52.9 Å². The first-order chi connectivity index (χ1) is 11.8. The zero-order chi connectivity index (χ0) is 18.4. The van der Waals surface area contributed by atoms with Crippen molar-refractivity contribution in [3.63, 3.8) is 0 Å². The first-order valence-electron chi connectivity index (χ1n) is 9.01. The summed E-state index contributed by atoms with van der Waals surface area (Å²) in [5.74, 6) is 0.0956. The normalized spacial score (nSPS) is 23.8. The van der Waals surface area contributed by atoms with E-state index in [1.807, 2.05) is 27.0 Å². The number of pyridine rings is 1. The number of aromatic nitrogens is 1. The summed E-state index contributed by atoms with van der Waals surface area (Å²) >= 11 is 0. The summed E-state index contributed by atoms with van der Waals surface area (Å²) in [6.07, 6.45) is 2.48. The minimum absolute atomic E-state index is 0.136. The van der Waals surface area contributed by atoms with Gasteiger partial charge >= 0.3 is 0 Å². The third-order valence-corrected chi connectivity index (χ3v) is 5.76. The van der Waals surface area contributed by atoms with Gasteiger partial charge in [0.1, 0.15) is 5.56 Å². The molecule has 2 saturated heterocycles. The van der Waals surface area contributed by atoms with Gasteiger partial charge in [-0.2, -0.15) is 0 Å². The summed E-state index contributed by atoms with van der Waals surface area (Å²) in [5, 5.41) is 0. The standard InChI is InChI=1S/C19H27N3O3/c1-13(2)15-7-6-14(16(23)21(15)4)17(24)22-11-9-19(12-22)8-5-10-20(3)18(19)25/h6-7,13H,5,8-12H2,1-4H3/t19-/m0/s1. The van der Waals surface area contributed by atoms with Crippen molar-refractivity contribution < 1.29 is 9.59 Å². The van der Waals surface area contributed by atoms with Crippen LogP contribution in [0, 0.1) is 5.41 Å². The molecule has 0 bridgehead atoms. The third kappa shape index (κ3) is 2.87. The van der Waals surface area contributed by atoms with Gasteiger partial charge in [-0.3, -0.25) is 14.4 Å². The number of carbonyl (C=O) groups excluding carboxylic acids is 2. The van der Waals surface area contributed by atoms with Crippen LogP contribution in [0.4, 0.5) is 0 Å². The first kappa shape index (κ1) is 17.7. The largest absolute Gasteiger partial charge is 0.345 e. The van der Waals surface area contributed by atoms with Gasteiger partial charge in [0.25, 0.3) is 11.5 Å². The van der Waals surface area contributed by atoms with Gasteiger partial charge in [-0.15, -0.1) is 0 Å². The summed E-state index contributed by atoms with van der Waals surface area (Å²) in [6, 6.07) is 3.49. The van der Waals surface area contributed by atoms with Gasteiger partial charge in [-0.1, -0.05) is 13.8 Å². The van der Waals surface area contributed by atoms with Crippen LogP contribution in [0.1, 0.15) is 55.1 Å². The van der Waals surface area contributed by atoms with E-state index in [4.69, 9.17) is 0 Å². The summed E-state index contributed by atoms with van der Waals surface area (Å²) in [6.45, 7) is 5.78. The highest BCUT2D eigenvalue weighted by Crippen LogP contribution is 2.39. The molecule has 6 heteroatoms. The number of piperidine rings is 1. The molecule has 3 rings (SSSR count). The molecule has 0 unspecified atom stereocenters. The van der Waals surface area contributed by atoms with Crippen LogP contribution in [0.15, 0.2) is 16.9 Å². The average molecular weight is 345 g/mol. The number of likely N-dealkylation sites (tertiary alicyclic amines) is 2. The lowest BCUT2D eigenvalue weighted by Gasteiger charge is -2.37. The Labute approximate surface area is 148 Å². The van der Waals surface area contributed by atoms with Crippen LogP contribution in [0.3, 0.4) is 0 Å². The molecule has 0 radical (unpaired) electrons. The lowest BCUT2D eigenvalue weighted by molar-refractivity contribution is -0.143. The molecule has 6 nitrogen and oxygen atoms in total. The average Bonchev–Trinajstić information content (AvgIpc) is 2.99. The molecule has 0 saturated carbocycles. The van der Waals surface area contributed by atoms with Crippen molar-refractivity contribution in [2.24, 2.45) is 12.5 Å². The highest BCUT2D eigenvalue weighted by Gasteiger charge is 2.48. The van der Waals surface area contributed by atoms with Crippen LogP contribution in [-0.2, 0) is 11.8 Å². The van der Waals surface area contributed by atoms with Crippen molar-refractivity contribution in [2.75, 3.05) is 26.7 Å². The zero-order valence-electron chi connectivity index (χ0n) is 15.5. The van der Waals surface area contributed by atoms with E-state index < -0.39 is 5.41 Å². The van der Waals surface area contributed by atoms with E-state index in [0.29, 0.717) is 19.5 Å². The fourth-order valence-electron chi connectivity index (χ4n) is 4.25. The van der Waals surface area contributed by atoms with Crippen molar-refractivity contribution in [3.8, 4) is 0 Å². The van der Waals surface area contributed by atoms with E-state index in [1.54, 1.807) is 27.5 Å². The van der Waals surface area contributed by atoms with E-state index in [0.717, 1.165) is 25.1 Å². The molecule has 2 aliphatic rings. The van der Waals surface area contributed by atoms with Gasteiger partial charge in [-0.25, -0.2) is 0 Å². The molecule has 136 valence electrons. The minimum atomic E-state index is -0.453. The lowest BCUT2D eigenvalue weighted by Crippen LogP contribution is -2.48. The summed E-state index contributed by atoms with van der Waals surface area (Å²) in [4.78, 5) is 41.6. The Morgan fingerprint density at radius 1 is 1.12 bits per heavy atom. The quantitative estimate of drug-likeness (QED) is 0.818. The van der Waals surface area contributed by atoms with Crippen molar-refractivity contribution in [3.05, 3.63) is 33.7 Å². The van der Waals surface area contributed by atoms with Crippen LogP contribution in [0.5, 0.6) is 0 Å². The van der Waals surface area contributed by atoms with Crippen LogP contribution < -0.4 is 5.56 Å². The highest BCUT2D eigenvalue weighted by molar-refractivity contribution is 5.95. The van der Waals surface area contributed by atoms with Gasteiger partial charge in [0.2, 0.25) is 5.91 Å². The van der Waals surface area contributed by atoms with Crippen molar-refractivity contribution >= 4 is 11.8 Å². The monoisotopic (exact) mass is 345 g/mol. The molecule has 3 heterocycles. The van der Waals surface area contributed by atoms with Gasteiger partial charge in [-0.05, 0) is 37.3 Å². The molecule has 0 N–H and O–H groups in total. The maximum absolute atomic E-state index is 12.9. The summed E-state index contributed by atoms with van der Waals surface area (Å²) < 4.78 is 1.56. The molecule has 1 spiro atoms. The van der Waals surface area contributed by atoms with Crippen molar-refractivity contribution in [2.45, 2.75) is 39.0 Å². The number of nitrogens with zero attached hydrogens (tertiary/aromatic N) is 3. The van der Waals surface area contributed by atoms with Crippen molar-refractivity contribution in [1.82, 2.24) is 14.4 Å². The molecule has 2 fully saturated rings. The molecule has 25 heavy (non-hydrogen) atoms. The molecule has 2 amide bonds. The molecule has 1 atom stereocenters. The van der Waals surface area contributed by atoms with Crippen molar-refractivity contribution in [1.29, 1.82) is 0 Å². The smallest absolute Gasteiger partial charge is 0.263 e. The van der Waals surface area contributed by atoms with Crippen LogP contribution in [0.2, 0.25) is 0 Å². The van der Waals surface area contributed by atoms with E-state index in [1.165, 1.54) is 0 Å². The number of amides is 2. The summed E-state index contributed by atoms with van der Waals surface area (Å²) in [5.41, 5.74) is 0.388. The second-order valence-corrected chi connectivity index (χ2v) is 7.78.